The summed E-state index contributed by atoms with van der Waals surface area (Å²) >= 11 is 0. The zero-order chi connectivity index (χ0) is 22.1. The summed E-state index contributed by atoms with van der Waals surface area (Å²) in [5.41, 5.74) is -0.644. The number of hydrogen-bond acceptors (Lipinski definition) is 5. The van der Waals surface area contributed by atoms with Crippen LogP contribution in [-0.4, -0.2) is 58.0 Å². The van der Waals surface area contributed by atoms with Gasteiger partial charge in [-0.15, -0.1) is 0 Å². The second-order valence-corrected chi connectivity index (χ2v) is 8.74. The van der Waals surface area contributed by atoms with Crippen molar-refractivity contribution in [3.8, 4) is 5.75 Å². The van der Waals surface area contributed by atoms with Gasteiger partial charge in [-0.1, -0.05) is 18.2 Å². The Labute approximate surface area is 181 Å². The van der Waals surface area contributed by atoms with E-state index in [1.54, 1.807) is 54.3 Å². The Morgan fingerprint density at radius 2 is 1.87 bits per heavy atom. The number of aliphatic hydroxyl groups excluding tert-OH is 1. The molecule has 1 spiro atoms. The molecule has 2 aromatic rings. The first-order valence-electron chi connectivity index (χ1n) is 10.6. The van der Waals surface area contributed by atoms with Crippen molar-refractivity contribution in [2.24, 2.45) is 0 Å². The van der Waals surface area contributed by atoms with Crippen molar-refractivity contribution in [1.29, 1.82) is 0 Å². The molecule has 2 heterocycles. The van der Waals surface area contributed by atoms with Crippen LogP contribution >= 0.6 is 0 Å². The molecule has 0 bridgehead atoms. The van der Waals surface area contributed by atoms with Crippen LogP contribution in [-0.2, 0) is 11.3 Å². The largest absolute Gasteiger partial charge is 0.489 e. The van der Waals surface area contributed by atoms with E-state index in [0.29, 0.717) is 49.2 Å². The van der Waals surface area contributed by atoms with Crippen LogP contribution in [0.2, 0.25) is 0 Å². The van der Waals surface area contributed by atoms with E-state index in [9.17, 15) is 19.4 Å². The second-order valence-electron chi connectivity index (χ2n) is 8.74. The van der Waals surface area contributed by atoms with Gasteiger partial charge in [-0.3, -0.25) is 4.79 Å². The molecule has 2 atom stereocenters. The first kappa shape index (κ1) is 21.7. The lowest BCUT2D eigenvalue weighted by Gasteiger charge is -2.49. The van der Waals surface area contributed by atoms with Gasteiger partial charge in [0.25, 0.3) is 5.91 Å². The predicted molar refractivity (Wildman–Crippen MR) is 112 cm³/mol. The summed E-state index contributed by atoms with van der Waals surface area (Å²) < 4.78 is 25.2. The van der Waals surface area contributed by atoms with Crippen LogP contribution < -0.4 is 4.74 Å². The lowest BCUT2D eigenvalue weighted by atomic mass is 9.76. The van der Waals surface area contributed by atoms with Crippen LogP contribution in [0.25, 0.3) is 0 Å². The Balaban J connectivity index is 1.32. The summed E-state index contributed by atoms with van der Waals surface area (Å²) in [5.74, 6) is 0.182. The van der Waals surface area contributed by atoms with E-state index in [2.05, 4.69) is 0 Å². The molecule has 2 fully saturated rings. The summed E-state index contributed by atoms with van der Waals surface area (Å²) in [6.45, 7) is 2.91. The van der Waals surface area contributed by atoms with Crippen LogP contribution in [0.5, 0.6) is 5.75 Å². The molecule has 2 aliphatic rings. The minimum atomic E-state index is -1.18. The topological polar surface area (TPSA) is 79.2 Å². The van der Waals surface area contributed by atoms with Gasteiger partial charge in [-0.05, 0) is 50.1 Å². The fraction of sp³-hybridized carbons (Fsp3) is 0.458. The van der Waals surface area contributed by atoms with E-state index in [-0.39, 0.29) is 24.9 Å². The van der Waals surface area contributed by atoms with Gasteiger partial charge >= 0.3 is 0 Å². The van der Waals surface area contributed by atoms with E-state index in [1.807, 2.05) is 0 Å². The van der Waals surface area contributed by atoms with E-state index in [0.717, 1.165) is 0 Å². The van der Waals surface area contributed by atoms with Gasteiger partial charge in [-0.2, -0.15) is 0 Å². The van der Waals surface area contributed by atoms with Gasteiger partial charge in [0.05, 0.1) is 17.8 Å². The summed E-state index contributed by atoms with van der Waals surface area (Å²) in [4.78, 5) is 14.7. The number of likely N-dealkylation sites (tertiary alicyclic amines) is 1. The molecular formula is C24H28FNO5. The standard InChI is InChI=1S/C24H28FNO5/c1-23(29)16-24(31-15-21(23)27)10-12-26(13-11-24)22(28)17-6-8-19(9-7-17)30-14-18-4-2-3-5-20(18)25/h2-9,21,27,29H,10-16H2,1H3/t21-,23-/m0/s1. The average molecular weight is 429 g/mol. The minimum Gasteiger partial charge on any atom is -0.489 e. The highest BCUT2D eigenvalue weighted by Gasteiger charge is 2.49. The van der Waals surface area contributed by atoms with E-state index in [4.69, 9.17) is 9.47 Å². The first-order chi connectivity index (χ1) is 14.8. The van der Waals surface area contributed by atoms with E-state index >= 15 is 0 Å². The Hall–Kier alpha value is -2.48. The zero-order valence-electron chi connectivity index (χ0n) is 17.6. The molecule has 6 nitrogen and oxygen atoms in total. The summed E-state index contributed by atoms with van der Waals surface area (Å²) in [5, 5.41) is 20.3. The van der Waals surface area contributed by atoms with E-state index in [1.165, 1.54) is 6.07 Å². The summed E-state index contributed by atoms with van der Waals surface area (Å²) in [7, 11) is 0. The molecule has 2 saturated heterocycles. The number of benzene rings is 2. The molecule has 0 unspecified atom stereocenters. The van der Waals surface area contributed by atoms with Crippen molar-refractivity contribution < 1.29 is 28.9 Å². The number of hydrogen-bond donors (Lipinski definition) is 2. The Morgan fingerprint density at radius 3 is 2.52 bits per heavy atom. The van der Waals surface area contributed by atoms with Crippen molar-refractivity contribution in [3.63, 3.8) is 0 Å². The van der Waals surface area contributed by atoms with Gasteiger partial charge < -0.3 is 24.6 Å². The maximum absolute atomic E-state index is 13.7. The lowest BCUT2D eigenvalue weighted by molar-refractivity contribution is -0.221. The molecular weight excluding hydrogens is 401 g/mol. The molecule has 0 radical (unpaired) electrons. The third-order valence-electron chi connectivity index (χ3n) is 6.36. The first-order valence-corrected chi connectivity index (χ1v) is 10.6. The summed E-state index contributed by atoms with van der Waals surface area (Å²) in [6.07, 6.45) is 0.700. The molecule has 2 N–H and O–H groups in total. The molecule has 0 aromatic heterocycles. The third-order valence-corrected chi connectivity index (χ3v) is 6.36. The van der Waals surface area contributed by atoms with Gasteiger partial charge in [0.15, 0.2) is 0 Å². The molecule has 0 saturated carbocycles. The van der Waals surface area contributed by atoms with Crippen molar-refractivity contribution in [1.82, 2.24) is 4.90 Å². The highest BCUT2D eigenvalue weighted by molar-refractivity contribution is 5.94. The molecule has 2 aromatic carbocycles. The third kappa shape index (κ3) is 4.74. The van der Waals surface area contributed by atoms with Crippen molar-refractivity contribution >= 4 is 5.91 Å². The Morgan fingerprint density at radius 1 is 1.19 bits per heavy atom. The number of amides is 1. The van der Waals surface area contributed by atoms with Gasteiger partial charge in [0.2, 0.25) is 0 Å². The Kier molecular flexibility index (Phi) is 6.01. The number of carbonyl (C=O) groups is 1. The highest BCUT2D eigenvalue weighted by atomic mass is 19.1. The van der Waals surface area contributed by atoms with Crippen LogP contribution in [0.4, 0.5) is 4.39 Å². The molecule has 2 aliphatic heterocycles. The van der Waals surface area contributed by atoms with Gasteiger partial charge in [0, 0.05) is 30.6 Å². The molecule has 7 heteroatoms. The number of nitrogens with zero attached hydrogens (tertiary/aromatic N) is 1. The van der Waals surface area contributed by atoms with Crippen LogP contribution in [0.3, 0.4) is 0 Å². The second kappa shape index (κ2) is 8.57. The molecule has 31 heavy (non-hydrogen) atoms. The van der Waals surface area contributed by atoms with Crippen molar-refractivity contribution in [2.45, 2.75) is 50.1 Å². The normalized spacial score (nSPS) is 25.4. The minimum absolute atomic E-state index is 0.0712. The van der Waals surface area contributed by atoms with E-state index < -0.39 is 17.3 Å². The van der Waals surface area contributed by atoms with Crippen LogP contribution in [0, 0.1) is 5.82 Å². The quantitative estimate of drug-likeness (QED) is 0.781. The fourth-order valence-corrected chi connectivity index (χ4v) is 4.35. The molecule has 4 rings (SSSR count). The SMILES string of the molecule is C[C@]1(O)CC2(CCN(C(=O)c3ccc(OCc4ccccc4F)cc3)CC2)OC[C@@H]1O. The lowest BCUT2D eigenvalue weighted by Crippen LogP contribution is -2.59. The smallest absolute Gasteiger partial charge is 0.253 e. The van der Waals surface area contributed by atoms with Crippen molar-refractivity contribution in [2.75, 3.05) is 19.7 Å². The zero-order valence-corrected chi connectivity index (χ0v) is 17.6. The highest BCUT2D eigenvalue weighted by Crippen LogP contribution is 2.39. The number of carbonyl (C=O) groups excluding carboxylic acids is 1. The number of rotatable bonds is 4. The van der Waals surface area contributed by atoms with Gasteiger partial charge in [0.1, 0.15) is 24.3 Å². The van der Waals surface area contributed by atoms with Crippen LogP contribution in [0.15, 0.2) is 48.5 Å². The summed E-state index contributed by atoms with van der Waals surface area (Å²) in [6, 6.07) is 13.3. The van der Waals surface area contributed by atoms with Gasteiger partial charge in [-0.25, -0.2) is 4.39 Å². The maximum atomic E-state index is 13.7. The monoisotopic (exact) mass is 429 g/mol. The maximum Gasteiger partial charge on any atom is 0.253 e. The number of piperidine rings is 1. The number of aliphatic hydroxyl groups is 2. The average Bonchev–Trinajstić information content (AvgIpc) is 2.76. The van der Waals surface area contributed by atoms with Crippen molar-refractivity contribution in [3.05, 3.63) is 65.5 Å². The van der Waals surface area contributed by atoms with Crippen LogP contribution in [0.1, 0.15) is 42.1 Å². The fourth-order valence-electron chi connectivity index (χ4n) is 4.35. The number of ether oxygens (including phenoxy) is 2. The number of halogens is 1. The molecule has 0 aliphatic carbocycles. The Bertz CT molecular complexity index is 922. The predicted octanol–water partition coefficient (Wildman–Crippen LogP) is 2.91. The molecule has 1 amide bonds. The molecule has 166 valence electrons.